The van der Waals surface area contributed by atoms with Gasteiger partial charge in [-0.1, -0.05) is 42.5 Å². The van der Waals surface area contributed by atoms with Crippen LogP contribution >= 0.6 is 0 Å². The third-order valence-electron chi connectivity index (χ3n) is 6.72. The van der Waals surface area contributed by atoms with Crippen molar-refractivity contribution in [2.24, 2.45) is 10.7 Å². The molecule has 1 aliphatic heterocycles. The van der Waals surface area contributed by atoms with Gasteiger partial charge < -0.3 is 25.8 Å². The van der Waals surface area contributed by atoms with Gasteiger partial charge in [0.1, 0.15) is 0 Å². The van der Waals surface area contributed by atoms with E-state index in [1.54, 1.807) is 6.08 Å². The van der Waals surface area contributed by atoms with Crippen LogP contribution in [0.1, 0.15) is 11.1 Å². The van der Waals surface area contributed by atoms with Gasteiger partial charge in [0, 0.05) is 55.2 Å². The zero-order valence-electron chi connectivity index (χ0n) is 23.1. The molecule has 0 bridgehead atoms. The molecule has 3 aromatic rings. The Morgan fingerprint density at radius 2 is 1.76 bits per heavy atom. The Balaban J connectivity index is 1.58. The van der Waals surface area contributed by atoms with E-state index in [1.165, 1.54) is 11.3 Å². The first-order valence-electron chi connectivity index (χ1n) is 13.1. The summed E-state index contributed by atoms with van der Waals surface area (Å²) in [5, 5.41) is 7.96. The number of guanidine groups is 1. The van der Waals surface area contributed by atoms with E-state index in [0.29, 0.717) is 11.7 Å². The fourth-order valence-electron chi connectivity index (χ4n) is 4.48. The predicted octanol–water partition coefficient (Wildman–Crippen LogP) is 4.13. The maximum atomic E-state index is 6.40. The van der Waals surface area contributed by atoms with Gasteiger partial charge in [-0.25, -0.2) is 4.99 Å². The van der Waals surface area contributed by atoms with Gasteiger partial charge in [-0.2, -0.15) is 5.10 Å². The summed E-state index contributed by atoms with van der Waals surface area (Å²) in [7, 11) is 6.29. The van der Waals surface area contributed by atoms with Crippen LogP contribution in [0.5, 0.6) is 0 Å². The Hall–Kier alpha value is -3.88. The van der Waals surface area contributed by atoms with E-state index in [4.69, 9.17) is 15.8 Å². The fourth-order valence-corrected chi connectivity index (χ4v) is 4.48. The first-order valence-corrected chi connectivity index (χ1v) is 13.1. The highest BCUT2D eigenvalue weighted by Gasteiger charge is 2.17. The average Bonchev–Trinajstić information content (AvgIpc) is 3.32. The number of aryl methyl sites for hydroxylation is 1. The number of aliphatic imine (C=N–C) groups is 1. The number of piperazine rings is 1. The monoisotopic (exact) mass is 512 g/mol. The van der Waals surface area contributed by atoms with Crippen molar-refractivity contribution in [2.75, 3.05) is 64.1 Å². The van der Waals surface area contributed by atoms with E-state index in [9.17, 15) is 0 Å². The van der Waals surface area contributed by atoms with Crippen LogP contribution in [0.15, 0.2) is 78.5 Å². The average molecular weight is 513 g/mol. The van der Waals surface area contributed by atoms with Crippen LogP contribution in [0.4, 0.5) is 11.4 Å². The molecule has 200 valence electrons. The molecular weight excluding hydrogens is 472 g/mol. The molecule has 1 aromatic heterocycles. The number of nitrogens with zero attached hydrogens (tertiary/aromatic N) is 6. The molecule has 2 aromatic carbocycles. The number of allylic oxidation sites excluding steroid dienone is 2. The second-order valence-corrected chi connectivity index (χ2v) is 10.0. The molecule has 1 fully saturated rings. The standard InChI is InChI=1S/C30H40N8/c1-6-7-28(27-22-32-38(21-16-35(3)4)29(27)24-10-8-23(2)9-11-24)34-30(31)33-25-12-14-26(15-13-25)37-19-17-36(5)18-20-37/h6-15,22H,1,16-21H2,2-5H3,(H3,31,33,34)/b28-7-. The van der Waals surface area contributed by atoms with Crippen LogP contribution in [-0.2, 0) is 6.54 Å². The zero-order chi connectivity index (χ0) is 27.1. The van der Waals surface area contributed by atoms with E-state index < -0.39 is 0 Å². The lowest BCUT2D eigenvalue weighted by Crippen LogP contribution is -2.44. The van der Waals surface area contributed by atoms with Gasteiger partial charge in [-0.15, -0.1) is 0 Å². The molecule has 8 heteroatoms. The molecule has 2 heterocycles. The molecule has 0 spiro atoms. The van der Waals surface area contributed by atoms with Crippen molar-refractivity contribution in [1.29, 1.82) is 0 Å². The number of nitrogens with two attached hydrogens (primary N) is 1. The summed E-state index contributed by atoms with van der Waals surface area (Å²) in [5.41, 5.74) is 13.4. The number of benzene rings is 2. The number of rotatable bonds is 9. The molecule has 4 rings (SSSR count). The van der Waals surface area contributed by atoms with Gasteiger partial charge in [0.05, 0.1) is 24.1 Å². The molecule has 1 saturated heterocycles. The summed E-state index contributed by atoms with van der Waals surface area (Å²) in [4.78, 5) is 11.7. The highest BCUT2D eigenvalue weighted by atomic mass is 15.3. The summed E-state index contributed by atoms with van der Waals surface area (Å²) >= 11 is 0. The third kappa shape index (κ3) is 6.90. The van der Waals surface area contributed by atoms with Crippen molar-refractivity contribution >= 4 is 23.0 Å². The molecule has 0 unspecified atom stereocenters. The van der Waals surface area contributed by atoms with Crippen molar-refractivity contribution in [3.63, 3.8) is 0 Å². The summed E-state index contributed by atoms with van der Waals surface area (Å²) in [6, 6.07) is 16.8. The van der Waals surface area contributed by atoms with Gasteiger partial charge in [0.2, 0.25) is 0 Å². The van der Waals surface area contributed by atoms with Crippen molar-refractivity contribution in [1.82, 2.24) is 19.6 Å². The first kappa shape index (κ1) is 27.2. The van der Waals surface area contributed by atoms with E-state index in [1.807, 2.05) is 29.1 Å². The van der Waals surface area contributed by atoms with Crippen LogP contribution in [0.2, 0.25) is 0 Å². The van der Waals surface area contributed by atoms with Gasteiger partial charge >= 0.3 is 0 Å². The molecule has 0 radical (unpaired) electrons. The lowest BCUT2D eigenvalue weighted by Gasteiger charge is -2.34. The topological polar surface area (TPSA) is 78.0 Å². The summed E-state index contributed by atoms with van der Waals surface area (Å²) in [6.07, 6.45) is 5.46. The van der Waals surface area contributed by atoms with E-state index in [0.717, 1.165) is 61.8 Å². The van der Waals surface area contributed by atoms with Crippen LogP contribution in [0.3, 0.4) is 0 Å². The lowest BCUT2D eigenvalue weighted by atomic mass is 10.0. The largest absolute Gasteiger partial charge is 0.369 e. The quantitative estimate of drug-likeness (QED) is 0.255. The molecule has 0 saturated carbocycles. The molecule has 1 aliphatic rings. The molecular formula is C30H40N8. The number of hydrogen-bond donors (Lipinski definition) is 2. The molecule has 38 heavy (non-hydrogen) atoms. The minimum absolute atomic E-state index is 0.307. The minimum atomic E-state index is 0.307. The highest BCUT2D eigenvalue weighted by Crippen LogP contribution is 2.30. The van der Waals surface area contributed by atoms with Crippen molar-refractivity contribution in [3.8, 4) is 11.3 Å². The fraction of sp³-hybridized carbons (Fsp3) is 0.333. The molecule has 3 N–H and O–H groups in total. The van der Waals surface area contributed by atoms with Crippen molar-refractivity contribution in [3.05, 3.63) is 84.6 Å². The lowest BCUT2D eigenvalue weighted by molar-refractivity contribution is 0.313. The predicted molar refractivity (Wildman–Crippen MR) is 161 cm³/mol. The van der Waals surface area contributed by atoms with Crippen LogP contribution in [0, 0.1) is 6.92 Å². The Morgan fingerprint density at radius 3 is 2.39 bits per heavy atom. The zero-order valence-corrected chi connectivity index (χ0v) is 23.1. The molecule has 0 amide bonds. The van der Waals surface area contributed by atoms with Gasteiger partial charge in [0.25, 0.3) is 0 Å². The second-order valence-electron chi connectivity index (χ2n) is 10.0. The maximum Gasteiger partial charge on any atom is 0.198 e. The number of anilines is 2. The normalized spacial score (nSPS) is 15.2. The maximum absolute atomic E-state index is 6.40. The Kier molecular flexibility index (Phi) is 8.99. The number of aromatic nitrogens is 2. The SMILES string of the molecule is C=C/C=C(\N=C(/N)Nc1ccc(N2CCN(C)CC2)cc1)c1cnn(CCN(C)C)c1-c1ccc(C)cc1. The van der Waals surface area contributed by atoms with Crippen molar-refractivity contribution < 1.29 is 0 Å². The Morgan fingerprint density at radius 1 is 1.08 bits per heavy atom. The van der Waals surface area contributed by atoms with Crippen LogP contribution in [0.25, 0.3) is 17.0 Å². The smallest absolute Gasteiger partial charge is 0.198 e. The van der Waals surface area contributed by atoms with E-state index in [2.05, 4.69) is 91.1 Å². The molecule has 8 nitrogen and oxygen atoms in total. The first-order chi connectivity index (χ1) is 18.3. The van der Waals surface area contributed by atoms with Crippen LogP contribution < -0.4 is 16.0 Å². The minimum Gasteiger partial charge on any atom is -0.369 e. The van der Waals surface area contributed by atoms with Gasteiger partial charge in [-0.05, 0) is 58.4 Å². The van der Waals surface area contributed by atoms with Crippen molar-refractivity contribution in [2.45, 2.75) is 13.5 Å². The second kappa shape index (κ2) is 12.6. The molecule has 0 aliphatic carbocycles. The van der Waals surface area contributed by atoms with E-state index in [-0.39, 0.29) is 0 Å². The summed E-state index contributed by atoms with van der Waals surface area (Å²) in [5.74, 6) is 0.307. The molecule has 0 atom stereocenters. The number of likely N-dealkylation sites (N-methyl/N-ethyl adjacent to an activating group) is 2. The summed E-state index contributed by atoms with van der Waals surface area (Å²) in [6.45, 7) is 11.9. The van der Waals surface area contributed by atoms with Gasteiger partial charge in [-0.3, -0.25) is 4.68 Å². The summed E-state index contributed by atoms with van der Waals surface area (Å²) < 4.78 is 2.03. The highest BCUT2D eigenvalue weighted by molar-refractivity contribution is 5.97. The van der Waals surface area contributed by atoms with Crippen LogP contribution in [-0.4, -0.2) is 79.4 Å². The Bertz CT molecular complexity index is 1260. The number of hydrogen-bond acceptors (Lipinski definition) is 5. The van der Waals surface area contributed by atoms with E-state index >= 15 is 0 Å². The third-order valence-corrected chi connectivity index (χ3v) is 6.72. The van der Waals surface area contributed by atoms with Gasteiger partial charge in [0.15, 0.2) is 5.96 Å². The Labute approximate surface area is 226 Å². The number of nitrogens with one attached hydrogen (secondary N) is 1.